The van der Waals surface area contributed by atoms with Crippen LogP contribution in [0.3, 0.4) is 0 Å². The lowest BCUT2D eigenvalue weighted by atomic mass is 9.95. The number of nitrogens with one attached hydrogen (secondary N) is 2. The van der Waals surface area contributed by atoms with Gasteiger partial charge in [0.25, 0.3) is 11.5 Å². The Labute approximate surface area is 243 Å². The SMILES string of the molecule is O=C1N[C@@H](c2cc(F)ccc2Cl)c2c(NC(=O)N3C[C@](O)(C(F)(F)F)c4cc(F)ccc43)cc(-n3ncccc3=O)cc21. The van der Waals surface area contributed by atoms with Crippen molar-refractivity contribution < 1.29 is 36.6 Å². The summed E-state index contributed by atoms with van der Waals surface area (Å²) in [5.41, 5.74) is -5.49. The van der Waals surface area contributed by atoms with Crippen LogP contribution in [0, 0.1) is 11.6 Å². The first-order valence-electron chi connectivity index (χ1n) is 12.4. The third kappa shape index (κ3) is 4.58. The van der Waals surface area contributed by atoms with Gasteiger partial charge in [-0.1, -0.05) is 11.6 Å². The van der Waals surface area contributed by atoms with Crippen LogP contribution >= 0.6 is 11.6 Å². The number of amides is 3. The van der Waals surface area contributed by atoms with Crippen LogP contribution in [0.1, 0.15) is 33.1 Å². The molecule has 0 bridgehead atoms. The number of hydrogen-bond donors (Lipinski definition) is 3. The number of carbonyl (C=O) groups is 2. The van der Waals surface area contributed by atoms with Gasteiger partial charge in [0.1, 0.15) is 11.6 Å². The van der Waals surface area contributed by atoms with E-state index in [1.807, 2.05) is 0 Å². The predicted octanol–water partition coefficient (Wildman–Crippen LogP) is 4.80. The number of urea groups is 1. The molecule has 0 saturated carbocycles. The van der Waals surface area contributed by atoms with E-state index < -0.39 is 64.7 Å². The fourth-order valence-electron chi connectivity index (χ4n) is 5.24. The van der Waals surface area contributed by atoms with Crippen LogP contribution in [0.2, 0.25) is 5.02 Å². The molecule has 220 valence electrons. The molecule has 9 nitrogen and oxygen atoms in total. The monoisotopic (exact) mass is 617 g/mol. The van der Waals surface area contributed by atoms with Crippen molar-refractivity contribution in [1.29, 1.82) is 0 Å². The summed E-state index contributed by atoms with van der Waals surface area (Å²) in [5, 5.41) is 19.7. The van der Waals surface area contributed by atoms with Gasteiger partial charge in [0.2, 0.25) is 5.60 Å². The lowest BCUT2D eigenvalue weighted by Crippen LogP contribution is -2.48. The molecule has 3 aromatic carbocycles. The average molecular weight is 618 g/mol. The highest BCUT2D eigenvalue weighted by Gasteiger charge is 2.61. The van der Waals surface area contributed by atoms with Gasteiger partial charge in [-0.05, 0) is 54.6 Å². The van der Waals surface area contributed by atoms with E-state index in [0.29, 0.717) is 11.0 Å². The van der Waals surface area contributed by atoms with E-state index in [-0.39, 0.29) is 33.1 Å². The summed E-state index contributed by atoms with van der Waals surface area (Å²) in [5.74, 6) is -2.43. The fraction of sp³-hybridized carbons (Fsp3) is 0.143. The van der Waals surface area contributed by atoms with Gasteiger partial charge < -0.3 is 15.7 Å². The van der Waals surface area contributed by atoms with Gasteiger partial charge in [0.05, 0.1) is 29.6 Å². The Hall–Kier alpha value is -4.82. The van der Waals surface area contributed by atoms with Crippen molar-refractivity contribution >= 4 is 34.9 Å². The zero-order valence-corrected chi connectivity index (χ0v) is 22.2. The second-order valence-corrected chi connectivity index (χ2v) is 10.2. The summed E-state index contributed by atoms with van der Waals surface area (Å²) in [6.07, 6.45) is -3.98. The van der Waals surface area contributed by atoms with Gasteiger partial charge in [-0.3, -0.25) is 14.5 Å². The Morgan fingerprint density at radius 2 is 1.79 bits per heavy atom. The van der Waals surface area contributed by atoms with Crippen molar-refractivity contribution in [2.24, 2.45) is 0 Å². The van der Waals surface area contributed by atoms with E-state index in [1.165, 1.54) is 36.5 Å². The molecular weight excluding hydrogens is 601 g/mol. The molecular formula is C28H17ClF5N5O4. The molecule has 0 fully saturated rings. The minimum Gasteiger partial charge on any atom is -0.375 e. The minimum absolute atomic E-state index is 0.0106. The number of β-amino-alcohol motifs (C(OH)–C–C–N with tert-alkyl or cyclic N) is 1. The smallest absolute Gasteiger partial charge is 0.375 e. The van der Waals surface area contributed by atoms with Gasteiger partial charge in [-0.25, -0.2) is 13.6 Å². The summed E-state index contributed by atoms with van der Waals surface area (Å²) in [6, 6.07) is 8.47. The number of nitrogens with zero attached hydrogens (tertiary/aromatic N) is 3. The largest absolute Gasteiger partial charge is 0.423 e. The molecule has 0 spiro atoms. The van der Waals surface area contributed by atoms with Crippen LogP contribution in [-0.4, -0.2) is 39.5 Å². The maximum atomic E-state index is 14.2. The number of carbonyl (C=O) groups excluding carboxylic acids is 2. The number of hydrogen-bond acceptors (Lipinski definition) is 5. The standard InChI is InChI=1S/C28H17ClF5N5O4/c29-19-5-3-13(30)8-16(19)24-23-17(25(41)37-24)10-15(39-22(40)2-1-7-35-39)11-20(23)36-26(42)38-12-27(43,28(32,33)34)18-9-14(31)4-6-21(18)38/h1-11,24,43H,12H2,(H,36,42)(H,37,41)/t24-,27+/m0/s1. The minimum atomic E-state index is -5.28. The van der Waals surface area contributed by atoms with Crippen LogP contribution in [-0.2, 0) is 5.60 Å². The van der Waals surface area contributed by atoms with Gasteiger partial charge >= 0.3 is 12.2 Å². The molecule has 4 aromatic rings. The second-order valence-electron chi connectivity index (χ2n) is 9.84. The fourth-order valence-corrected chi connectivity index (χ4v) is 5.47. The van der Waals surface area contributed by atoms with E-state index in [1.54, 1.807) is 0 Å². The highest BCUT2D eigenvalue weighted by Crippen LogP contribution is 2.49. The Morgan fingerprint density at radius 1 is 1.07 bits per heavy atom. The maximum Gasteiger partial charge on any atom is 0.423 e. The predicted molar refractivity (Wildman–Crippen MR) is 143 cm³/mol. The second kappa shape index (κ2) is 9.88. The van der Waals surface area contributed by atoms with E-state index >= 15 is 0 Å². The van der Waals surface area contributed by atoms with E-state index in [0.717, 1.165) is 28.9 Å². The quantitative estimate of drug-likeness (QED) is 0.286. The molecule has 0 radical (unpaired) electrons. The van der Waals surface area contributed by atoms with Crippen molar-refractivity contribution in [2.75, 3.05) is 16.8 Å². The van der Waals surface area contributed by atoms with Crippen molar-refractivity contribution in [3.05, 3.63) is 116 Å². The maximum absolute atomic E-state index is 14.2. The first kappa shape index (κ1) is 28.3. The number of alkyl halides is 3. The number of rotatable bonds is 3. The van der Waals surface area contributed by atoms with Gasteiger partial charge in [-0.15, -0.1) is 0 Å². The first-order valence-corrected chi connectivity index (χ1v) is 12.8. The molecule has 0 unspecified atom stereocenters. The Morgan fingerprint density at radius 3 is 2.51 bits per heavy atom. The molecule has 2 aliphatic heterocycles. The molecule has 15 heteroatoms. The number of aromatic nitrogens is 2. The van der Waals surface area contributed by atoms with Crippen LogP contribution in [0.25, 0.3) is 5.69 Å². The Balaban J connectivity index is 1.50. The number of aliphatic hydroxyl groups is 1. The van der Waals surface area contributed by atoms with E-state index in [9.17, 15) is 41.4 Å². The van der Waals surface area contributed by atoms with Crippen molar-refractivity contribution in [2.45, 2.75) is 17.8 Å². The van der Waals surface area contributed by atoms with E-state index in [4.69, 9.17) is 11.6 Å². The lowest BCUT2D eigenvalue weighted by Gasteiger charge is -2.27. The van der Waals surface area contributed by atoms with Crippen LogP contribution in [0.5, 0.6) is 0 Å². The van der Waals surface area contributed by atoms with Crippen molar-refractivity contribution in [3.63, 3.8) is 0 Å². The molecule has 43 heavy (non-hydrogen) atoms. The Kier molecular flexibility index (Phi) is 6.50. The summed E-state index contributed by atoms with van der Waals surface area (Å²) in [6.45, 7) is -1.31. The number of fused-ring (bicyclic) bond motifs is 2. The highest BCUT2D eigenvalue weighted by atomic mass is 35.5. The van der Waals surface area contributed by atoms with Gasteiger partial charge in [-0.2, -0.15) is 23.0 Å². The highest BCUT2D eigenvalue weighted by molar-refractivity contribution is 6.31. The third-order valence-electron chi connectivity index (χ3n) is 7.24. The number of benzene rings is 3. The molecule has 6 rings (SSSR count). The lowest BCUT2D eigenvalue weighted by molar-refractivity contribution is -0.258. The molecule has 0 saturated heterocycles. The normalized spacial score (nSPS) is 19.2. The zero-order valence-electron chi connectivity index (χ0n) is 21.4. The van der Waals surface area contributed by atoms with Crippen molar-refractivity contribution in [1.82, 2.24) is 15.1 Å². The van der Waals surface area contributed by atoms with Gasteiger partial charge in [0, 0.05) is 39.5 Å². The summed E-state index contributed by atoms with van der Waals surface area (Å²) < 4.78 is 71.0. The zero-order chi connectivity index (χ0) is 30.8. The number of halogens is 6. The molecule has 2 atom stereocenters. The topological polar surface area (TPSA) is 117 Å². The molecule has 3 N–H and O–H groups in total. The third-order valence-corrected chi connectivity index (χ3v) is 7.58. The Bertz CT molecular complexity index is 1900. The van der Waals surface area contributed by atoms with E-state index in [2.05, 4.69) is 15.7 Å². The summed E-state index contributed by atoms with van der Waals surface area (Å²) in [7, 11) is 0. The summed E-state index contributed by atoms with van der Waals surface area (Å²) in [4.78, 5) is 39.8. The summed E-state index contributed by atoms with van der Waals surface area (Å²) >= 11 is 6.31. The molecule has 1 aromatic heterocycles. The van der Waals surface area contributed by atoms with Crippen LogP contribution < -0.4 is 21.1 Å². The first-order chi connectivity index (χ1) is 20.3. The van der Waals surface area contributed by atoms with Crippen molar-refractivity contribution in [3.8, 4) is 5.69 Å². The van der Waals surface area contributed by atoms with Crippen LogP contribution in [0.15, 0.2) is 71.7 Å². The molecule has 0 aliphatic carbocycles. The molecule has 3 amide bonds. The van der Waals surface area contributed by atoms with Gasteiger partial charge in [0.15, 0.2) is 0 Å². The molecule has 2 aliphatic rings. The van der Waals surface area contributed by atoms with Crippen LogP contribution in [0.4, 0.5) is 38.1 Å². The number of anilines is 2. The molecule has 3 heterocycles. The average Bonchev–Trinajstić information content (AvgIpc) is 3.45.